The van der Waals surface area contributed by atoms with E-state index in [1.165, 1.54) is 56.7 Å². The van der Waals surface area contributed by atoms with Crippen LogP contribution in [0.5, 0.6) is 0 Å². The fourth-order valence-electron chi connectivity index (χ4n) is 3.82. The summed E-state index contributed by atoms with van der Waals surface area (Å²) in [6.45, 7) is 6.28. The van der Waals surface area contributed by atoms with Gasteiger partial charge in [-0.2, -0.15) is 11.8 Å². The van der Waals surface area contributed by atoms with E-state index < -0.39 is 0 Å². The Morgan fingerprint density at radius 2 is 1.92 bits per heavy atom. The number of methoxy groups -OCH3 is 1. The average Bonchev–Trinajstić information content (AvgIpc) is 2.60. The van der Waals surface area contributed by atoms with Crippen molar-refractivity contribution in [3.63, 3.8) is 0 Å². The van der Waals surface area contributed by atoms with E-state index in [9.17, 15) is 0 Å². The second-order valence-electron chi connectivity index (χ2n) is 6.81. The van der Waals surface area contributed by atoms with Crippen molar-refractivity contribution < 1.29 is 4.74 Å². The minimum absolute atomic E-state index is 0. The highest BCUT2D eigenvalue weighted by Crippen LogP contribution is 2.34. The van der Waals surface area contributed by atoms with E-state index >= 15 is 0 Å². The third kappa shape index (κ3) is 6.53. The fraction of sp³-hybridized carbons (Fsp3) is 0.941. The van der Waals surface area contributed by atoms with Gasteiger partial charge in [-0.3, -0.25) is 9.89 Å². The highest BCUT2D eigenvalue weighted by Gasteiger charge is 2.38. The van der Waals surface area contributed by atoms with Gasteiger partial charge in [0.2, 0.25) is 0 Å². The van der Waals surface area contributed by atoms with Crippen LogP contribution in [0.1, 0.15) is 39.0 Å². The molecule has 1 saturated heterocycles. The van der Waals surface area contributed by atoms with Gasteiger partial charge in [0.1, 0.15) is 0 Å². The Balaban J connectivity index is 0.00000288. The number of hydrogen-bond acceptors (Lipinski definition) is 4. The monoisotopic (exact) mass is 470 g/mol. The van der Waals surface area contributed by atoms with E-state index in [-0.39, 0.29) is 30.0 Å². The highest BCUT2D eigenvalue weighted by atomic mass is 127. The maximum Gasteiger partial charge on any atom is 0.191 e. The van der Waals surface area contributed by atoms with Gasteiger partial charge in [0.25, 0.3) is 0 Å². The molecule has 0 radical (unpaired) electrons. The smallest absolute Gasteiger partial charge is 0.191 e. The molecule has 1 aliphatic carbocycles. The van der Waals surface area contributed by atoms with Gasteiger partial charge in [-0.15, -0.1) is 24.0 Å². The number of rotatable bonds is 6. The summed E-state index contributed by atoms with van der Waals surface area (Å²) in [5.41, 5.74) is 0.321. The summed E-state index contributed by atoms with van der Waals surface area (Å²) in [5, 5.41) is 7.02. The normalized spacial score (nSPS) is 23.2. The van der Waals surface area contributed by atoms with E-state index in [2.05, 4.69) is 39.2 Å². The first-order valence-corrected chi connectivity index (χ1v) is 10.1. The van der Waals surface area contributed by atoms with Crippen LogP contribution in [0.2, 0.25) is 0 Å². The van der Waals surface area contributed by atoms with Gasteiger partial charge in [-0.1, -0.05) is 19.3 Å². The van der Waals surface area contributed by atoms with Crippen LogP contribution in [0.25, 0.3) is 0 Å². The van der Waals surface area contributed by atoms with Crippen molar-refractivity contribution in [2.45, 2.75) is 50.6 Å². The summed E-state index contributed by atoms with van der Waals surface area (Å²) < 4.78 is 5.20. The molecule has 5 nitrogen and oxygen atoms in total. The lowest BCUT2D eigenvalue weighted by Gasteiger charge is -2.48. The molecule has 0 aromatic rings. The molecule has 1 saturated carbocycles. The second-order valence-corrected chi connectivity index (χ2v) is 8.04. The lowest BCUT2D eigenvalue weighted by Crippen LogP contribution is -2.60. The maximum atomic E-state index is 5.20. The Hall–Kier alpha value is 0.270. The van der Waals surface area contributed by atoms with Crippen molar-refractivity contribution in [1.29, 1.82) is 0 Å². The largest absolute Gasteiger partial charge is 0.383 e. The lowest BCUT2D eigenvalue weighted by molar-refractivity contribution is 0.0625. The number of thioether (sulfide) groups is 1. The molecule has 0 aromatic carbocycles. The number of nitrogens with one attached hydrogen (secondary N) is 2. The van der Waals surface area contributed by atoms with Gasteiger partial charge in [-0.25, -0.2) is 0 Å². The number of nitrogens with zero attached hydrogens (tertiary/aromatic N) is 2. The molecule has 7 heteroatoms. The van der Waals surface area contributed by atoms with E-state index in [1.54, 1.807) is 7.11 Å². The Labute approximate surface area is 169 Å². The van der Waals surface area contributed by atoms with Crippen LogP contribution >= 0.6 is 35.7 Å². The average molecular weight is 470 g/mol. The number of halogens is 1. The van der Waals surface area contributed by atoms with E-state index in [0.717, 1.165) is 12.5 Å². The maximum absolute atomic E-state index is 5.20. The van der Waals surface area contributed by atoms with Crippen LogP contribution in [-0.2, 0) is 4.74 Å². The van der Waals surface area contributed by atoms with Crippen molar-refractivity contribution >= 4 is 41.7 Å². The van der Waals surface area contributed by atoms with E-state index in [1.807, 2.05) is 7.05 Å². The van der Waals surface area contributed by atoms with Gasteiger partial charge in [-0.05, 0) is 19.8 Å². The van der Waals surface area contributed by atoms with Crippen LogP contribution in [0, 0.1) is 0 Å². The first-order chi connectivity index (χ1) is 11.2. The summed E-state index contributed by atoms with van der Waals surface area (Å²) in [6, 6.07) is 0.264. The van der Waals surface area contributed by atoms with Crippen molar-refractivity contribution in [1.82, 2.24) is 15.5 Å². The topological polar surface area (TPSA) is 48.9 Å². The summed E-state index contributed by atoms with van der Waals surface area (Å²) in [5.74, 6) is 3.45. The van der Waals surface area contributed by atoms with Crippen LogP contribution in [0.15, 0.2) is 4.99 Å². The highest BCUT2D eigenvalue weighted by molar-refractivity contribution is 14.0. The molecule has 24 heavy (non-hydrogen) atoms. The van der Waals surface area contributed by atoms with Crippen molar-refractivity contribution in [3.05, 3.63) is 0 Å². The Morgan fingerprint density at radius 3 is 2.50 bits per heavy atom. The van der Waals surface area contributed by atoms with Crippen LogP contribution < -0.4 is 10.6 Å². The number of guanidine groups is 1. The molecule has 1 aliphatic heterocycles. The van der Waals surface area contributed by atoms with Crippen molar-refractivity contribution in [2.24, 2.45) is 4.99 Å². The van der Waals surface area contributed by atoms with Crippen LogP contribution in [-0.4, -0.2) is 74.3 Å². The zero-order valence-corrected chi connectivity index (χ0v) is 18.6. The molecule has 2 rings (SSSR count). The molecule has 1 atom stereocenters. The zero-order valence-electron chi connectivity index (χ0n) is 15.5. The molecule has 0 spiro atoms. The Bertz CT molecular complexity index is 372. The lowest BCUT2D eigenvalue weighted by atomic mass is 9.80. The van der Waals surface area contributed by atoms with Crippen LogP contribution in [0.3, 0.4) is 0 Å². The third-order valence-electron chi connectivity index (χ3n) is 5.07. The standard InChI is InChI=1S/C17H34N4OS.HI/c1-15(13-22-3)20-16(18-2)19-14-17(7-5-4-6-8-17)21-9-11-23-12-10-21;/h15H,4-14H2,1-3H3,(H2,18,19,20);1H. The van der Waals surface area contributed by atoms with Crippen molar-refractivity contribution in [3.8, 4) is 0 Å². The molecule has 0 aromatic heterocycles. The molecule has 1 unspecified atom stereocenters. The Morgan fingerprint density at radius 1 is 1.25 bits per heavy atom. The predicted molar refractivity (Wildman–Crippen MR) is 116 cm³/mol. The molecule has 1 heterocycles. The molecule has 0 amide bonds. The van der Waals surface area contributed by atoms with E-state index in [0.29, 0.717) is 12.1 Å². The van der Waals surface area contributed by atoms with Gasteiger partial charge in [0.15, 0.2) is 5.96 Å². The van der Waals surface area contributed by atoms with Gasteiger partial charge < -0.3 is 15.4 Å². The summed E-state index contributed by atoms with van der Waals surface area (Å²) in [6.07, 6.45) is 6.74. The van der Waals surface area contributed by atoms with Gasteiger partial charge >= 0.3 is 0 Å². The Kier molecular flexibility index (Phi) is 11.0. The van der Waals surface area contributed by atoms with Gasteiger partial charge in [0.05, 0.1) is 6.61 Å². The molecule has 2 aliphatic rings. The third-order valence-corrected chi connectivity index (χ3v) is 6.02. The summed E-state index contributed by atoms with van der Waals surface area (Å²) >= 11 is 2.09. The molecular weight excluding hydrogens is 435 g/mol. The number of ether oxygens (including phenoxy) is 1. The number of hydrogen-bond donors (Lipinski definition) is 2. The van der Waals surface area contributed by atoms with Crippen LogP contribution in [0.4, 0.5) is 0 Å². The minimum atomic E-state index is 0. The second kappa shape index (κ2) is 11.8. The predicted octanol–water partition coefficient (Wildman–Crippen LogP) is 2.56. The molecule has 142 valence electrons. The molecule has 0 bridgehead atoms. The molecule has 2 N–H and O–H groups in total. The number of aliphatic imine (C=N–C) groups is 1. The summed E-state index contributed by atoms with van der Waals surface area (Å²) in [7, 11) is 3.58. The van der Waals surface area contributed by atoms with Crippen molar-refractivity contribution in [2.75, 3.05) is 51.9 Å². The van der Waals surface area contributed by atoms with E-state index in [4.69, 9.17) is 4.74 Å². The molecule has 2 fully saturated rings. The first kappa shape index (κ1) is 22.3. The SMILES string of the molecule is CN=C(NCC1(N2CCSCC2)CCCCC1)NC(C)COC.I. The molecular formula is C17H35IN4OS. The summed E-state index contributed by atoms with van der Waals surface area (Å²) in [4.78, 5) is 7.14. The quantitative estimate of drug-likeness (QED) is 0.355. The zero-order chi connectivity index (χ0) is 16.5. The van der Waals surface area contributed by atoms with Gasteiger partial charge in [0, 0.05) is 56.9 Å². The minimum Gasteiger partial charge on any atom is -0.383 e. The fourth-order valence-corrected chi connectivity index (χ4v) is 4.72. The first-order valence-electron chi connectivity index (χ1n) is 8.99.